The van der Waals surface area contributed by atoms with E-state index in [1.807, 2.05) is 6.20 Å². The molecule has 0 unspecified atom stereocenters. The Balaban J connectivity index is 1.88. The molecule has 144 valence electrons. The van der Waals surface area contributed by atoms with E-state index in [1.54, 1.807) is 5.19 Å². The van der Waals surface area contributed by atoms with Crippen LogP contribution in [0.5, 0.6) is 0 Å². The zero-order valence-corrected chi connectivity index (χ0v) is 18.5. The molecule has 0 spiro atoms. The first kappa shape index (κ1) is 18.1. The first-order valence-electron chi connectivity index (χ1n) is 10.4. The van der Waals surface area contributed by atoms with Crippen LogP contribution >= 0.6 is 0 Å². The van der Waals surface area contributed by atoms with Crippen molar-refractivity contribution >= 4 is 18.4 Å². The highest BCUT2D eigenvalue weighted by atomic mass is 28.3. The highest BCUT2D eigenvalue weighted by molar-refractivity contribution is 7.03. The van der Waals surface area contributed by atoms with Gasteiger partial charge in [0.1, 0.15) is 13.9 Å². The van der Waals surface area contributed by atoms with Crippen molar-refractivity contribution in [2.24, 2.45) is 0 Å². The lowest BCUT2D eigenvalue weighted by Crippen LogP contribution is -2.49. The van der Waals surface area contributed by atoms with Crippen LogP contribution < -0.4 is 10.4 Å². The van der Waals surface area contributed by atoms with Gasteiger partial charge in [-0.15, -0.1) is 0 Å². The standard InChI is InChI=1S/C26H26N2Si/c1-18(2)20-14-15-23-24(21-12-8-9-13-22(21)29(23,3)4)25(20)28-17-16-27-26(28)19-10-6-5-7-11-19/h5-18H,1-4H3. The molecular formula is C26H26N2Si. The molecule has 2 heterocycles. The zero-order valence-electron chi connectivity index (χ0n) is 17.5. The molecule has 0 fully saturated rings. The molecule has 2 nitrogen and oxygen atoms in total. The minimum Gasteiger partial charge on any atom is -0.299 e. The van der Waals surface area contributed by atoms with Gasteiger partial charge in [-0.05, 0) is 27.4 Å². The Morgan fingerprint density at radius 2 is 1.55 bits per heavy atom. The average Bonchev–Trinajstić information content (AvgIpc) is 3.30. The fourth-order valence-corrected chi connectivity index (χ4v) is 7.86. The Morgan fingerprint density at radius 3 is 2.31 bits per heavy atom. The van der Waals surface area contributed by atoms with Crippen LogP contribution in [-0.4, -0.2) is 17.6 Å². The van der Waals surface area contributed by atoms with E-state index in [1.165, 1.54) is 27.6 Å². The highest BCUT2D eigenvalue weighted by Gasteiger charge is 2.39. The predicted octanol–water partition coefficient (Wildman–Crippen LogP) is 5.47. The number of imidazole rings is 1. The number of fused-ring (bicyclic) bond motifs is 3. The molecule has 5 rings (SSSR count). The van der Waals surface area contributed by atoms with Crippen molar-refractivity contribution in [3.63, 3.8) is 0 Å². The van der Waals surface area contributed by atoms with Crippen LogP contribution in [0.25, 0.3) is 28.2 Å². The average molecular weight is 395 g/mol. The molecule has 1 aliphatic rings. The van der Waals surface area contributed by atoms with Crippen molar-refractivity contribution in [1.29, 1.82) is 0 Å². The lowest BCUT2D eigenvalue weighted by Gasteiger charge is -2.23. The van der Waals surface area contributed by atoms with Crippen molar-refractivity contribution in [3.8, 4) is 28.2 Å². The second kappa shape index (κ2) is 6.56. The second-order valence-electron chi connectivity index (χ2n) is 8.74. The summed E-state index contributed by atoms with van der Waals surface area (Å²) in [4.78, 5) is 4.76. The van der Waals surface area contributed by atoms with Gasteiger partial charge in [-0.25, -0.2) is 4.98 Å². The molecule has 1 aromatic heterocycles. The van der Waals surface area contributed by atoms with Gasteiger partial charge in [0.15, 0.2) is 0 Å². The van der Waals surface area contributed by atoms with E-state index in [0.29, 0.717) is 5.92 Å². The van der Waals surface area contributed by atoms with Crippen molar-refractivity contribution in [3.05, 3.63) is 84.7 Å². The molecule has 0 bridgehead atoms. The third kappa shape index (κ3) is 2.65. The number of rotatable bonds is 3. The van der Waals surface area contributed by atoms with Gasteiger partial charge in [-0.2, -0.15) is 0 Å². The maximum absolute atomic E-state index is 4.76. The van der Waals surface area contributed by atoms with E-state index in [-0.39, 0.29) is 0 Å². The molecule has 0 atom stereocenters. The lowest BCUT2D eigenvalue weighted by molar-refractivity contribution is 0.849. The van der Waals surface area contributed by atoms with E-state index < -0.39 is 8.07 Å². The predicted molar refractivity (Wildman–Crippen MR) is 125 cm³/mol. The van der Waals surface area contributed by atoms with Crippen LogP contribution in [0.3, 0.4) is 0 Å². The van der Waals surface area contributed by atoms with Crippen LogP contribution in [0.1, 0.15) is 25.3 Å². The molecule has 4 aromatic rings. The third-order valence-electron chi connectivity index (χ3n) is 6.29. The summed E-state index contributed by atoms with van der Waals surface area (Å²) >= 11 is 0. The van der Waals surface area contributed by atoms with Crippen molar-refractivity contribution < 1.29 is 0 Å². The molecule has 0 saturated heterocycles. The summed E-state index contributed by atoms with van der Waals surface area (Å²) in [5.41, 5.74) is 6.65. The van der Waals surface area contributed by atoms with Crippen LogP contribution in [0, 0.1) is 0 Å². The fraction of sp³-hybridized carbons (Fsp3) is 0.192. The summed E-state index contributed by atoms with van der Waals surface area (Å²) in [5.74, 6) is 1.43. The largest absolute Gasteiger partial charge is 0.299 e. The Morgan fingerprint density at radius 1 is 0.828 bits per heavy atom. The first-order chi connectivity index (χ1) is 14.0. The van der Waals surface area contributed by atoms with Crippen molar-refractivity contribution in [2.45, 2.75) is 32.9 Å². The minimum atomic E-state index is -1.71. The molecule has 29 heavy (non-hydrogen) atoms. The summed E-state index contributed by atoms with van der Waals surface area (Å²) in [5, 5.41) is 3.07. The number of benzene rings is 3. The topological polar surface area (TPSA) is 17.8 Å². The third-order valence-corrected chi connectivity index (χ3v) is 9.83. The SMILES string of the molecule is CC(C)c1ccc2c(c1-n1ccnc1-c1ccccc1)-c1ccccc1[Si]2(C)C. The van der Waals surface area contributed by atoms with Gasteiger partial charge in [0.25, 0.3) is 0 Å². The van der Waals surface area contributed by atoms with Crippen LogP contribution in [0.4, 0.5) is 0 Å². The lowest BCUT2D eigenvalue weighted by atomic mass is 9.94. The molecule has 0 N–H and O–H groups in total. The van der Waals surface area contributed by atoms with Crippen LogP contribution in [0.15, 0.2) is 79.1 Å². The van der Waals surface area contributed by atoms with Gasteiger partial charge in [0.2, 0.25) is 0 Å². The molecule has 0 amide bonds. The maximum atomic E-state index is 4.76. The van der Waals surface area contributed by atoms with E-state index in [4.69, 9.17) is 4.98 Å². The van der Waals surface area contributed by atoms with Gasteiger partial charge in [0.05, 0.1) is 5.69 Å². The van der Waals surface area contributed by atoms with Gasteiger partial charge in [-0.3, -0.25) is 4.57 Å². The Kier molecular flexibility index (Phi) is 4.11. The fourth-order valence-electron chi connectivity index (χ4n) is 4.80. The molecule has 0 radical (unpaired) electrons. The van der Waals surface area contributed by atoms with Gasteiger partial charge < -0.3 is 0 Å². The first-order valence-corrected chi connectivity index (χ1v) is 13.4. The Hall–Kier alpha value is -2.91. The minimum absolute atomic E-state index is 0.430. The van der Waals surface area contributed by atoms with Crippen molar-refractivity contribution in [1.82, 2.24) is 9.55 Å². The summed E-state index contributed by atoms with van der Waals surface area (Å²) < 4.78 is 2.32. The van der Waals surface area contributed by atoms with E-state index in [0.717, 1.165) is 11.4 Å². The Labute approximate surface area is 173 Å². The summed E-state index contributed by atoms with van der Waals surface area (Å²) in [6, 6.07) is 24.3. The Bertz CT molecular complexity index is 1200. The van der Waals surface area contributed by atoms with E-state index in [2.05, 4.69) is 104 Å². The monoisotopic (exact) mass is 394 g/mol. The van der Waals surface area contributed by atoms with Crippen LogP contribution in [-0.2, 0) is 0 Å². The maximum Gasteiger partial charge on any atom is 0.144 e. The molecule has 3 aromatic carbocycles. The number of nitrogens with zero attached hydrogens (tertiary/aromatic N) is 2. The number of hydrogen-bond acceptors (Lipinski definition) is 1. The second-order valence-corrected chi connectivity index (χ2v) is 13.1. The summed E-state index contributed by atoms with van der Waals surface area (Å²) in [6.45, 7) is 9.52. The van der Waals surface area contributed by atoms with E-state index >= 15 is 0 Å². The van der Waals surface area contributed by atoms with Crippen molar-refractivity contribution in [2.75, 3.05) is 0 Å². The smallest absolute Gasteiger partial charge is 0.144 e. The van der Waals surface area contributed by atoms with E-state index in [9.17, 15) is 0 Å². The van der Waals surface area contributed by atoms with Gasteiger partial charge in [0, 0.05) is 23.5 Å². The normalized spacial score (nSPS) is 14.1. The molecule has 0 aliphatic carbocycles. The molecule has 0 saturated carbocycles. The summed E-state index contributed by atoms with van der Waals surface area (Å²) in [6.07, 6.45) is 4.05. The quantitative estimate of drug-likeness (QED) is 0.422. The molecule has 1 aliphatic heterocycles. The highest BCUT2D eigenvalue weighted by Crippen LogP contribution is 2.38. The van der Waals surface area contributed by atoms with Gasteiger partial charge in [-0.1, -0.05) is 93.7 Å². The number of hydrogen-bond donors (Lipinski definition) is 0. The van der Waals surface area contributed by atoms with Gasteiger partial charge >= 0.3 is 0 Å². The summed E-state index contributed by atoms with van der Waals surface area (Å²) in [7, 11) is -1.71. The van der Waals surface area contributed by atoms with Crippen LogP contribution in [0.2, 0.25) is 13.1 Å². The molecule has 3 heteroatoms. The molecular weight excluding hydrogens is 368 g/mol. The zero-order chi connectivity index (χ0) is 20.2. The number of aromatic nitrogens is 2.